The van der Waals surface area contributed by atoms with Gasteiger partial charge in [-0.05, 0) is 24.6 Å². The zero-order valence-corrected chi connectivity index (χ0v) is 12.3. The second kappa shape index (κ2) is 5.80. The second-order valence-corrected chi connectivity index (χ2v) is 6.79. The van der Waals surface area contributed by atoms with E-state index in [4.69, 9.17) is 4.74 Å². The summed E-state index contributed by atoms with van der Waals surface area (Å²) >= 11 is 0. The fraction of sp³-hybridized carbons (Fsp3) is 0.462. The molecule has 1 amide bonds. The van der Waals surface area contributed by atoms with E-state index < -0.39 is 10.0 Å². The molecule has 6 nitrogen and oxygen atoms in total. The summed E-state index contributed by atoms with van der Waals surface area (Å²) in [4.78, 5) is 12.1. The monoisotopic (exact) mass is 298 g/mol. The summed E-state index contributed by atoms with van der Waals surface area (Å²) in [5.74, 6) is 0.395. The van der Waals surface area contributed by atoms with E-state index in [9.17, 15) is 13.2 Å². The van der Waals surface area contributed by atoms with Crippen molar-refractivity contribution in [3.63, 3.8) is 0 Å². The number of sulfonamides is 1. The van der Waals surface area contributed by atoms with Crippen LogP contribution in [0.1, 0.15) is 16.8 Å². The van der Waals surface area contributed by atoms with Gasteiger partial charge in [0.1, 0.15) is 5.75 Å². The predicted octanol–water partition coefficient (Wildman–Crippen LogP) is 0.459. The maximum Gasteiger partial charge on any atom is 0.251 e. The summed E-state index contributed by atoms with van der Waals surface area (Å²) in [5.41, 5.74) is 0.502. The summed E-state index contributed by atoms with van der Waals surface area (Å²) in [5, 5.41) is 2.85. The smallest absolute Gasteiger partial charge is 0.251 e. The minimum absolute atomic E-state index is 0.150. The molecule has 1 aliphatic rings. The van der Waals surface area contributed by atoms with Crippen LogP contribution in [0.3, 0.4) is 0 Å². The van der Waals surface area contributed by atoms with Crippen molar-refractivity contribution in [2.75, 3.05) is 26.5 Å². The molecular weight excluding hydrogens is 280 g/mol. The fourth-order valence-corrected chi connectivity index (χ4v) is 3.07. The van der Waals surface area contributed by atoms with E-state index in [2.05, 4.69) is 5.32 Å². The average Bonchev–Trinajstić information content (AvgIpc) is 2.87. The Morgan fingerprint density at radius 3 is 2.80 bits per heavy atom. The molecule has 1 N–H and O–H groups in total. The first-order chi connectivity index (χ1) is 9.40. The summed E-state index contributed by atoms with van der Waals surface area (Å²) in [7, 11) is -1.64. The minimum atomic E-state index is -3.18. The van der Waals surface area contributed by atoms with Crippen LogP contribution in [0.5, 0.6) is 5.75 Å². The lowest BCUT2D eigenvalue weighted by molar-refractivity contribution is 0.0938. The molecule has 1 aromatic rings. The number of nitrogens with one attached hydrogen (secondary N) is 1. The van der Waals surface area contributed by atoms with Gasteiger partial charge < -0.3 is 10.1 Å². The van der Waals surface area contributed by atoms with Crippen LogP contribution >= 0.6 is 0 Å². The van der Waals surface area contributed by atoms with Gasteiger partial charge in [0, 0.05) is 24.7 Å². The highest BCUT2D eigenvalue weighted by Gasteiger charge is 2.29. The van der Waals surface area contributed by atoms with Gasteiger partial charge in [0.15, 0.2) is 0 Å². The van der Waals surface area contributed by atoms with Crippen molar-refractivity contribution in [1.29, 1.82) is 0 Å². The zero-order valence-electron chi connectivity index (χ0n) is 11.5. The van der Waals surface area contributed by atoms with Crippen LogP contribution in [-0.4, -0.2) is 51.1 Å². The molecule has 2 rings (SSSR count). The maximum absolute atomic E-state index is 12.1. The topological polar surface area (TPSA) is 75.7 Å². The van der Waals surface area contributed by atoms with Gasteiger partial charge in [-0.25, -0.2) is 12.7 Å². The number of ether oxygens (including phenoxy) is 1. The number of benzene rings is 1. The normalized spacial score (nSPS) is 19.8. The molecule has 20 heavy (non-hydrogen) atoms. The largest absolute Gasteiger partial charge is 0.497 e. The molecule has 110 valence electrons. The van der Waals surface area contributed by atoms with Crippen molar-refractivity contribution >= 4 is 15.9 Å². The molecule has 1 heterocycles. The summed E-state index contributed by atoms with van der Waals surface area (Å²) in [6, 6.07) is 6.70. The molecule has 1 saturated heterocycles. The molecule has 1 fully saturated rings. The molecule has 0 spiro atoms. The number of rotatable bonds is 4. The number of hydrogen-bond donors (Lipinski definition) is 1. The number of carbonyl (C=O) groups is 1. The van der Waals surface area contributed by atoms with Gasteiger partial charge in [0.25, 0.3) is 5.91 Å². The highest BCUT2D eigenvalue weighted by atomic mass is 32.2. The zero-order chi connectivity index (χ0) is 14.8. The number of nitrogens with zero attached hydrogens (tertiary/aromatic N) is 1. The third-order valence-electron chi connectivity index (χ3n) is 3.29. The van der Waals surface area contributed by atoms with Gasteiger partial charge in [0.05, 0.1) is 13.4 Å². The Hall–Kier alpha value is -1.60. The molecule has 1 unspecified atom stereocenters. The van der Waals surface area contributed by atoms with Gasteiger partial charge in [0.2, 0.25) is 10.0 Å². The Kier molecular flexibility index (Phi) is 4.29. The summed E-state index contributed by atoms with van der Waals surface area (Å²) in [6.45, 7) is 0.774. The summed E-state index contributed by atoms with van der Waals surface area (Å²) < 4.78 is 29.3. The van der Waals surface area contributed by atoms with Crippen molar-refractivity contribution in [3.8, 4) is 5.75 Å². The molecular formula is C13H18N2O4S. The first kappa shape index (κ1) is 14.8. The van der Waals surface area contributed by atoms with E-state index in [1.165, 1.54) is 17.7 Å². The summed E-state index contributed by atoms with van der Waals surface area (Å²) in [6.07, 6.45) is 1.81. The van der Waals surface area contributed by atoms with Gasteiger partial charge in [-0.15, -0.1) is 0 Å². The quantitative estimate of drug-likeness (QED) is 0.876. The Balaban J connectivity index is 1.99. The molecule has 0 aromatic heterocycles. The minimum Gasteiger partial charge on any atom is -0.497 e. The Morgan fingerprint density at radius 1 is 1.45 bits per heavy atom. The van der Waals surface area contributed by atoms with E-state index in [1.807, 2.05) is 0 Å². The second-order valence-electron chi connectivity index (χ2n) is 4.81. The number of methoxy groups -OCH3 is 1. The van der Waals surface area contributed by atoms with Crippen molar-refractivity contribution in [2.24, 2.45) is 0 Å². The van der Waals surface area contributed by atoms with Gasteiger partial charge in [-0.2, -0.15) is 0 Å². The lowest BCUT2D eigenvalue weighted by Gasteiger charge is -2.14. The maximum atomic E-state index is 12.1. The van der Waals surface area contributed by atoms with Crippen LogP contribution in [0.15, 0.2) is 24.3 Å². The highest BCUT2D eigenvalue weighted by molar-refractivity contribution is 7.88. The number of hydrogen-bond acceptors (Lipinski definition) is 4. The Morgan fingerprint density at radius 2 is 2.20 bits per heavy atom. The third kappa shape index (κ3) is 3.49. The molecule has 1 aromatic carbocycles. The number of carbonyl (C=O) groups excluding carboxylic acids is 1. The van der Waals surface area contributed by atoms with E-state index in [-0.39, 0.29) is 11.9 Å². The van der Waals surface area contributed by atoms with Crippen LogP contribution < -0.4 is 10.1 Å². The lowest BCUT2D eigenvalue weighted by Crippen LogP contribution is -2.38. The molecule has 7 heteroatoms. The standard InChI is InChI=1S/C13H18N2O4S/c1-19-12-5-3-4-10(8-12)13(16)14-11-6-7-15(9-11)20(2,17)18/h3-5,8,11H,6-7,9H2,1-2H3,(H,14,16). The Bertz CT molecular complexity index is 600. The molecule has 0 bridgehead atoms. The van der Waals surface area contributed by atoms with E-state index in [0.717, 1.165) is 0 Å². The van der Waals surface area contributed by atoms with Crippen LogP contribution in [0.2, 0.25) is 0 Å². The molecule has 1 aliphatic heterocycles. The molecule has 0 radical (unpaired) electrons. The van der Waals surface area contributed by atoms with Crippen molar-refractivity contribution < 1.29 is 17.9 Å². The van der Waals surface area contributed by atoms with Crippen LogP contribution in [0.25, 0.3) is 0 Å². The van der Waals surface area contributed by atoms with Crippen molar-refractivity contribution in [1.82, 2.24) is 9.62 Å². The number of amides is 1. The van der Waals surface area contributed by atoms with Crippen molar-refractivity contribution in [2.45, 2.75) is 12.5 Å². The SMILES string of the molecule is COc1cccc(C(=O)NC2CCN(S(C)(=O)=O)C2)c1. The van der Waals surface area contributed by atoms with Crippen LogP contribution in [-0.2, 0) is 10.0 Å². The average molecular weight is 298 g/mol. The third-order valence-corrected chi connectivity index (χ3v) is 4.56. The highest BCUT2D eigenvalue weighted by Crippen LogP contribution is 2.15. The molecule has 0 saturated carbocycles. The van der Waals surface area contributed by atoms with Crippen molar-refractivity contribution in [3.05, 3.63) is 29.8 Å². The fourth-order valence-electron chi connectivity index (χ4n) is 2.18. The Labute approximate surface area is 118 Å². The molecule has 0 aliphatic carbocycles. The van der Waals surface area contributed by atoms with E-state index in [1.54, 1.807) is 24.3 Å². The van der Waals surface area contributed by atoms with Crippen LogP contribution in [0.4, 0.5) is 0 Å². The predicted molar refractivity (Wildman–Crippen MR) is 75.3 cm³/mol. The van der Waals surface area contributed by atoms with Crippen LogP contribution in [0, 0.1) is 0 Å². The van der Waals surface area contributed by atoms with Gasteiger partial charge in [-0.3, -0.25) is 4.79 Å². The van der Waals surface area contributed by atoms with Gasteiger partial charge >= 0.3 is 0 Å². The van der Waals surface area contributed by atoms with Gasteiger partial charge in [-0.1, -0.05) is 6.07 Å². The first-order valence-electron chi connectivity index (χ1n) is 6.30. The lowest BCUT2D eigenvalue weighted by atomic mass is 10.2. The van der Waals surface area contributed by atoms with E-state index in [0.29, 0.717) is 30.8 Å². The first-order valence-corrected chi connectivity index (χ1v) is 8.15. The van der Waals surface area contributed by atoms with E-state index >= 15 is 0 Å². The molecule has 1 atom stereocenters.